The van der Waals surface area contributed by atoms with Crippen LogP contribution in [0.1, 0.15) is 67.0 Å². The minimum absolute atomic E-state index is 0.0755. The SMILES string of the molecule is CCCC(C(=O)NCCCC(=O)O)N1C(=O)[C@H](Cc2ccc(C#N)cc2)O[C@@H](c2ccc(Cl)cc2)[C@H]1c1ccc(Cl)cc1. The molecule has 10 heteroatoms. The van der Waals surface area contributed by atoms with Gasteiger partial charge in [0.2, 0.25) is 5.91 Å². The molecule has 0 saturated carbocycles. The van der Waals surface area contributed by atoms with Crippen molar-refractivity contribution in [2.24, 2.45) is 0 Å². The first-order valence-electron chi connectivity index (χ1n) is 14.2. The summed E-state index contributed by atoms with van der Waals surface area (Å²) in [5.74, 6) is -1.64. The molecule has 0 aromatic heterocycles. The molecule has 1 heterocycles. The van der Waals surface area contributed by atoms with Gasteiger partial charge in [0.25, 0.3) is 5.91 Å². The molecule has 1 saturated heterocycles. The molecule has 224 valence electrons. The van der Waals surface area contributed by atoms with Gasteiger partial charge in [-0.2, -0.15) is 5.26 Å². The molecule has 4 atom stereocenters. The summed E-state index contributed by atoms with van der Waals surface area (Å²) in [4.78, 5) is 40.8. The van der Waals surface area contributed by atoms with Gasteiger partial charge in [-0.25, -0.2) is 0 Å². The number of halogens is 2. The summed E-state index contributed by atoms with van der Waals surface area (Å²) < 4.78 is 6.62. The quantitative estimate of drug-likeness (QED) is 0.230. The number of carbonyl (C=O) groups is 3. The third kappa shape index (κ3) is 8.14. The zero-order chi connectivity index (χ0) is 30.9. The first-order chi connectivity index (χ1) is 20.7. The van der Waals surface area contributed by atoms with Crippen molar-refractivity contribution in [3.05, 3.63) is 105 Å². The highest BCUT2D eigenvalue weighted by Crippen LogP contribution is 2.44. The maximum atomic E-state index is 14.4. The molecule has 1 unspecified atom stereocenters. The maximum Gasteiger partial charge on any atom is 0.303 e. The monoisotopic (exact) mass is 621 g/mol. The van der Waals surface area contributed by atoms with Crippen LogP contribution in [-0.2, 0) is 25.5 Å². The summed E-state index contributed by atoms with van der Waals surface area (Å²) in [5.41, 5.74) is 2.84. The van der Waals surface area contributed by atoms with Gasteiger partial charge in [-0.05, 0) is 65.9 Å². The Bertz CT molecular complexity index is 1460. The Balaban J connectivity index is 1.79. The predicted octanol–water partition coefficient (Wildman–Crippen LogP) is 6.27. The standard InChI is InChI=1S/C33H33Cl2N3O5/c1-2-4-27(32(41)37-18-3-5-29(39)40)38-30(23-10-14-25(34)15-11-23)31(24-12-16-26(35)17-13-24)43-28(33(38)42)19-21-6-8-22(20-36)9-7-21/h6-17,27-28,30-31H,2-5,18-19H2,1H3,(H,37,41)(H,39,40)/t27?,28-,30+,31-/m0/s1. The third-order valence-corrected chi connectivity index (χ3v) is 7.91. The lowest BCUT2D eigenvalue weighted by Gasteiger charge is -2.47. The van der Waals surface area contributed by atoms with Crippen molar-refractivity contribution in [1.29, 1.82) is 5.26 Å². The van der Waals surface area contributed by atoms with Gasteiger partial charge < -0.3 is 20.1 Å². The summed E-state index contributed by atoms with van der Waals surface area (Å²) in [5, 5.41) is 22.2. The lowest BCUT2D eigenvalue weighted by Crippen LogP contribution is -2.59. The molecule has 8 nitrogen and oxygen atoms in total. The Morgan fingerprint density at radius 2 is 1.60 bits per heavy atom. The van der Waals surface area contributed by atoms with Crippen molar-refractivity contribution in [2.75, 3.05) is 6.54 Å². The number of rotatable bonds is 12. The predicted molar refractivity (Wildman–Crippen MR) is 164 cm³/mol. The molecule has 1 aliphatic heterocycles. The zero-order valence-corrected chi connectivity index (χ0v) is 25.2. The number of carboxylic acids is 1. The van der Waals surface area contributed by atoms with Gasteiger partial charge in [0.05, 0.1) is 17.7 Å². The van der Waals surface area contributed by atoms with Gasteiger partial charge in [-0.3, -0.25) is 14.4 Å². The van der Waals surface area contributed by atoms with Crippen LogP contribution in [0.15, 0.2) is 72.8 Å². The van der Waals surface area contributed by atoms with Crippen LogP contribution in [0.5, 0.6) is 0 Å². The van der Waals surface area contributed by atoms with Crippen LogP contribution in [-0.4, -0.2) is 46.5 Å². The highest BCUT2D eigenvalue weighted by Gasteiger charge is 2.48. The molecule has 0 aliphatic carbocycles. The summed E-state index contributed by atoms with van der Waals surface area (Å²) >= 11 is 12.4. The Hall–Kier alpha value is -3.90. The number of aliphatic carboxylic acids is 1. The number of amides is 2. The van der Waals surface area contributed by atoms with E-state index in [9.17, 15) is 19.6 Å². The second kappa shape index (κ2) is 15.0. The van der Waals surface area contributed by atoms with Crippen molar-refractivity contribution in [3.8, 4) is 6.07 Å². The molecule has 2 amide bonds. The fraction of sp³-hybridized carbons (Fsp3) is 0.333. The van der Waals surface area contributed by atoms with Crippen molar-refractivity contribution < 1.29 is 24.2 Å². The Labute approximate surface area is 261 Å². The number of nitriles is 1. The van der Waals surface area contributed by atoms with E-state index >= 15 is 0 Å². The van der Waals surface area contributed by atoms with Crippen LogP contribution in [0.3, 0.4) is 0 Å². The lowest BCUT2D eigenvalue weighted by atomic mass is 9.88. The Kier molecular flexibility index (Phi) is 11.2. The van der Waals surface area contributed by atoms with Gasteiger partial charge >= 0.3 is 5.97 Å². The normalized spacial score (nSPS) is 19.0. The number of hydrogen-bond acceptors (Lipinski definition) is 5. The van der Waals surface area contributed by atoms with Crippen LogP contribution in [0.2, 0.25) is 10.0 Å². The van der Waals surface area contributed by atoms with Gasteiger partial charge in [0.15, 0.2) is 0 Å². The fourth-order valence-electron chi connectivity index (χ4n) is 5.32. The first-order valence-corrected chi connectivity index (χ1v) is 14.9. The van der Waals surface area contributed by atoms with Crippen LogP contribution in [0.25, 0.3) is 0 Å². The van der Waals surface area contributed by atoms with Crippen molar-refractivity contribution in [2.45, 2.75) is 63.3 Å². The van der Waals surface area contributed by atoms with E-state index in [-0.39, 0.29) is 37.6 Å². The molecule has 1 aliphatic rings. The van der Waals surface area contributed by atoms with Crippen LogP contribution in [0.4, 0.5) is 0 Å². The van der Waals surface area contributed by atoms with E-state index in [1.807, 2.05) is 31.2 Å². The average Bonchev–Trinajstić information content (AvgIpc) is 3.00. The number of carbonyl (C=O) groups excluding carboxylic acids is 2. The van der Waals surface area contributed by atoms with E-state index in [0.717, 1.165) is 16.7 Å². The van der Waals surface area contributed by atoms with Gasteiger partial charge in [0.1, 0.15) is 18.2 Å². The largest absolute Gasteiger partial charge is 0.481 e. The number of morpholine rings is 1. The van der Waals surface area contributed by atoms with E-state index in [1.54, 1.807) is 53.4 Å². The minimum Gasteiger partial charge on any atom is -0.481 e. The van der Waals surface area contributed by atoms with Crippen molar-refractivity contribution in [1.82, 2.24) is 10.2 Å². The molecule has 43 heavy (non-hydrogen) atoms. The average molecular weight is 623 g/mol. The maximum absolute atomic E-state index is 14.4. The summed E-state index contributed by atoms with van der Waals surface area (Å²) in [7, 11) is 0. The van der Waals surface area contributed by atoms with E-state index < -0.39 is 30.3 Å². The van der Waals surface area contributed by atoms with Crippen molar-refractivity contribution in [3.63, 3.8) is 0 Å². The molecule has 2 N–H and O–H groups in total. The minimum atomic E-state index is -0.943. The highest BCUT2D eigenvalue weighted by atomic mass is 35.5. The third-order valence-electron chi connectivity index (χ3n) is 7.41. The number of hydrogen-bond donors (Lipinski definition) is 2. The molecule has 3 aromatic carbocycles. The number of nitrogens with one attached hydrogen (secondary N) is 1. The highest BCUT2D eigenvalue weighted by molar-refractivity contribution is 6.30. The van der Waals surface area contributed by atoms with Gasteiger partial charge in [-0.15, -0.1) is 0 Å². The summed E-state index contributed by atoms with van der Waals surface area (Å²) in [6.45, 7) is 2.11. The number of carboxylic acid groups (broad SMARTS) is 1. The van der Waals surface area contributed by atoms with E-state index in [0.29, 0.717) is 28.5 Å². The molecule has 0 bridgehead atoms. The van der Waals surface area contributed by atoms with Crippen LogP contribution in [0, 0.1) is 11.3 Å². The summed E-state index contributed by atoms with van der Waals surface area (Å²) in [6.07, 6.45) is -0.137. The first kappa shape index (κ1) is 32.0. The molecular weight excluding hydrogens is 589 g/mol. The van der Waals surface area contributed by atoms with Gasteiger partial charge in [0, 0.05) is 29.4 Å². The smallest absolute Gasteiger partial charge is 0.303 e. The Morgan fingerprint density at radius 1 is 1.00 bits per heavy atom. The van der Waals surface area contributed by atoms with Gasteiger partial charge in [-0.1, -0.05) is 72.9 Å². The van der Waals surface area contributed by atoms with Crippen molar-refractivity contribution >= 4 is 41.0 Å². The zero-order valence-electron chi connectivity index (χ0n) is 23.7. The molecular formula is C33H33Cl2N3O5. The van der Waals surface area contributed by atoms with E-state index in [2.05, 4.69) is 11.4 Å². The number of nitrogens with zero attached hydrogens (tertiary/aromatic N) is 2. The Morgan fingerprint density at radius 3 is 2.16 bits per heavy atom. The summed E-state index contributed by atoms with van der Waals surface area (Å²) in [6, 6.07) is 21.9. The second-order valence-corrected chi connectivity index (χ2v) is 11.3. The lowest BCUT2D eigenvalue weighted by molar-refractivity contribution is -0.181. The second-order valence-electron chi connectivity index (χ2n) is 10.4. The van der Waals surface area contributed by atoms with Crippen LogP contribution >= 0.6 is 23.2 Å². The molecule has 0 spiro atoms. The number of ether oxygens (including phenoxy) is 1. The van der Waals surface area contributed by atoms with Crippen LogP contribution < -0.4 is 5.32 Å². The van der Waals surface area contributed by atoms with E-state index in [1.165, 1.54) is 0 Å². The molecule has 1 fully saturated rings. The fourth-order valence-corrected chi connectivity index (χ4v) is 5.57. The molecule has 0 radical (unpaired) electrons. The molecule has 4 rings (SSSR count). The molecule has 3 aromatic rings. The number of benzene rings is 3. The topological polar surface area (TPSA) is 120 Å². The van der Waals surface area contributed by atoms with E-state index in [4.69, 9.17) is 33.0 Å².